The Hall–Kier alpha value is -4.21. The van der Waals surface area contributed by atoms with Gasteiger partial charge in [0.1, 0.15) is 23.4 Å². The fraction of sp³-hybridized carbons (Fsp3) is 0.222. The van der Waals surface area contributed by atoms with Crippen LogP contribution in [-0.2, 0) is 11.0 Å². The van der Waals surface area contributed by atoms with Gasteiger partial charge < -0.3 is 24.8 Å². The molecule has 1 amide bonds. The summed E-state index contributed by atoms with van der Waals surface area (Å²) in [7, 11) is -1.36. The number of halogens is 1. The van der Waals surface area contributed by atoms with E-state index in [4.69, 9.17) is 31.5 Å². The van der Waals surface area contributed by atoms with Crippen molar-refractivity contribution in [3.05, 3.63) is 137 Å². The quantitative estimate of drug-likeness (QED) is 0.163. The Morgan fingerprint density at radius 2 is 1.49 bits per heavy atom. The first-order chi connectivity index (χ1) is 21.7. The summed E-state index contributed by atoms with van der Waals surface area (Å²) in [6, 6.07) is 35.4. The van der Waals surface area contributed by atoms with E-state index in [-0.39, 0.29) is 17.5 Å². The van der Waals surface area contributed by atoms with Crippen molar-refractivity contribution in [2.45, 2.75) is 38.5 Å². The van der Waals surface area contributed by atoms with Gasteiger partial charge in [-0.15, -0.1) is 0 Å². The van der Waals surface area contributed by atoms with Gasteiger partial charge in [-0.05, 0) is 57.4 Å². The molecule has 4 aromatic carbocycles. The van der Waals surface area contributed by atoms with Crippen LogP contribution in [0, 0.1) is 0 Å². The average Bonchev–Trinajstić information content (AvgIpc) is 3.43. The summed E-state index contributed by atoms with van der Waals surface area (Å²) in [5.74, 6) is 1.01. The molecular weight excluding hydrogens is 600 g/mol. The molecule has 9 heteroatoms. The van der Waals surface area contributed by atoms with Gasteiger partial charge in [0.25, 0.3) is 14.2 Å². The highest BCUT2D eigenvalue weighted by Gasteiger charge is 2.52. The largest absolute Gasteiger partial charge is 0.497 e. The third kappa shape index (κ3) is 6.89. The molecule has 0 aliphatic rings. The number of anilines is 1. The minimum absolute atomic E-state index is 0.161. The van der Waals surface area contributed by atoms with Crippen LogP contribution in [0.15, 0.2) is 116 Å². The van der Waals surface area contributed by atoms with Crippen LogP contribution in [0.3, 0.4) is 0 Å². The van der Waals surface area contributed by atoms with Crippen molar-refractivity contribution in [1.82, 2.24) is 9.55 Å². The number of carbonyl (C=O) groups excluding carboxylic acids is 1. The maximum atomic E-state index is 13.6. The van der Waals surface area contributed by atoms with Crippen molar-refractivity contribution in [3.63, 3.8) is 0 Å². The highest BCUT2D eigenvalue weighted by atomic mass is 35.5. The summed E-state index contributed by atoms with van der Waals surface area (Å²) in [5, 5.41) is 5.67. The van der Waals surface area contributed by atoms with Gasteiger partial charge in [0.2, 0.25) is 0 Å². The molecule has 1 aromatic heterocycles. The summed E-state index contributed by atoms with van der Waals surface area (Å²) in [6.45, 7) is 7.28. The van der Waals surface area contributed by atoms with Gasteiger partial charge in [0.05, 0.1) is 20.0 Å². The van der Waals surface area contributed by atoms with E-state index in [1.165, 1.54) is 0 Å². The molecule has 7 nitrogen and oxygen atoms in total. The molecule has 0 fully saturated rings. The predicted octanol–water partition coefficient (Wildman–Crippen LogP) is 6.42. The molecule has 1 heterocycles. The molecule has 3 N–H and O–H groups in total. The lowest BCUT2D eigenvalue weighted by Gasteiger charge is -2.45. The Morgan fingerprint density at radius 3 is 2.00 bits per heavy atom. The molecule has 0 saturated carbocycles. The Bertz CT molecular complexity index is 1660. The summed E-state index contributed by atoms with van der Waals surface area (Å²) in [4.78, 5) is 18.4. The van der Waals surface area contributed by atoms with E-state index >= 15 is 0 Å². The minimum atomic E-state index is -3.00. The Labute approximate surface area is 271 Å². The first-order valence-electron chi connectivity index (χ1n) is 14.9. The Morgan fingerprint density at radius 1 is 0.911 bits per heavy atom. The minimum Gasteiger partial charge on any atom is -0.497 e. The van der Waals surface area contributed by atoms with E-state index < -0.39 is 14.4 Å². The van der Waals surface area contributed by atoms with Gasteiger partial charge in [0, 0.05) is 17.1 Å². The number of nitrogens with one attached hydrogen (secondary N) is 1. The summed E-state index contributed by atoms with van der Waals surface area (Å²) in [6.07, 6.45) is 1.11. The number of nitrogens with two attached hydrogens (primary N) is 1. The maximum absolute atomic E-state index is 13.6. The molecule has 5 aromatic rings. The van der Waals surface area contributed by atoms with Gasteiger partial charge in [-0.2, -0.15) is 0 Å². The highest BCUT2D eigenvalue weighted by molar-refractivity contribution is 6.99. The maximum Gasteiger partial charge on any atom is 0.262 e. The number of hydrogen-bond acceptors (Lipinski definition) is 5. The summed E-state index contributed by atoms with van der Waals surface area (Å²) >= 11 is 6.10. The Kier molecular flexibility index (Phi) is 9.89. The van der Waals surface area contributed by atoms with Crippen LogP contribution < -0.4 is 26.2 Å². The number of benzene rings is 4. The van der Waals surface area contributed by atoms with E-state index in [9.17, 15) is 4.79 Å². The topological polar surface area (TPSA) is 91.4 Å². The van der Waals surface area contributed by atoms with Crippen LogP contribution in [0.25, 0.3) is 0 Å². The van der Waals surface area contributed by atoms with E-state index in [2.05, 4.69) is 50.4 Å². The molecular formula is C36H39ClN4O3Si. The van der Waals surface area contributed by atoms with E-state index in [0.29, 0.717) is 28.6 Å². The van der Waals surface area contributed by atoms with Crippen LogP contribution >= 0.6 is 11.6 Å². The molecule has 45 heavy (non-hydrogen) atoms. The lowest BCUT2D eigenvalue weighted by molar-refractivity contribution is 0.102. The SMILES string of the molecule is COc1ccc(Cn2cnc([C@H](CN)O[Si](c3ccccc3)(c3ccccc3)C(C)(C)C)c2NC(=O)c2ccc(Cl)cc2)cc1. The Balaban J connectivity index is 1.61. The number of methoxy groups -OCH3 is 1. The molecule has 232 valence electrons. The molecule has 0 unspecified atom stereocenters. The fourth-order valence-corrected chi connectivity index (χ4v) is 10.5. The summed E-state index contributed by atoms with van der Waals surface area (Å²) < 4.78 is 14.7. The molecule has 0 bridgehead atoms. The zero-order chi connectivity index (χ0) is 32.0. The zero-order valence-electron chi connectivity index (χ0n) is 26.0. The van der Waals surface area contributed by atoms with Crippen LogP contribution in [0.2, 0.25) is 10.1 Å². The van der Waals surface area contributed by atoms with Crippen molar-refractivity contribution in [3.8, 4) is 5.75 Å². The van der Waals surface area contributed by atoms with Gasteiger partial charge in [0.15, 0.2) is 0 Å². The van der Waals surface area contributed by atoms with Crippen molar-refractivity contribution >= 4 is 42.0 Å². The number of nitrogens with zero attached hydrogens (tertiary/aromatic N) is 2. The zero-order valence-corrected chi connectivity index (χ0v) is 27.8. The lowest BCUT2D eigenvalue weighted by atomic mass is 10.2. The van der Waals surface area contributed by atoms with Crippen molar-refractivity contribution < 1.29 is 14.0 Å². The highest BCUT2D eigenvalue weighted by Crippen LogP contribution is 2.40. The van der Waals surface area contributed by atoms with Crippen LogP contribution in [0.4, 0.5) is 5.82 Å². The first-order valence-corrected chi connectivity index (χ1v) is 17.2. The molecule has 0 aliphatic heterocycles. The molecule has 5 rings (SSSR count). The lowest BCUT2D eigenvalue weighted by Crippen LogP contribution is -2.67. The van der Waals surface area contributed by atoms with E-state index in [0.717, 1.165) is 21.7 Å². The fourth-order valence-electron chi connectivity index (χ4n) is 5.72. The number of ether oxygens (including phenoxy) is 1. The van der Waals surface area contributed by atoms with E-state index in [1.807, 2.05) is 65.2 Å². The third-order valence-electron chi connectivity index (χ3n) is 7.97. The average molecular weight is 639 g/mol. The number of imidazole rings is 1. The molecule has 0 spiro atoms. The van der Waals surface area contributed by atoms with Gasteiger partial charge in [-0.1, -0.05) is 105 Å². The number of amides is 1. The van der Waals surface area contributed by atoms with Crippen LogP contribution in [0.5, 0.6) is 5.75 Å². The summed E-state index contributed by atoms with van der Waals surface area (Å²) in [5.41, 5.74) is 8.59. The second-order valence-electron chi connectivity index (χ2n) is 11.9. The van der Waals surface area contributed by atoms with Gasteiger partial charge in [-0.25, -0.2) is 4.98 Å². The van der Waals surface area contributed by atoms with Crippen molar-refractivity contribution in [1.29, 1.82) is 0 Å². The normalized spacial score (nSPS) is 12.5. The second kappa shape index (κ2) is 13.8. The molecule has 0 aliphatic carbocycles. The van der Waals surface area contributed by atoms with Crippen LogP contribution in [0.1, 0.15) is 48.5 Å². The number of aromatic nitrogens is 2. The smallest absolute Gasteiger partial charge is 0.262 e. The number of rotatable bonds is 11. The van der Waals surface area contributed by atoms with Gasteiger partial charge >= 0.3 is 0 Å². The molecule has 0 radical (unpaired) electrons. The predicted molar refractivity (Wildman–Crippen MR) is 184 cm³/mol. The number of hydrogen-bond donors (Lipinski definition) is 2. The van der Waals surface area contributed by atoms with Crippen LogP contribution in [-0.4, -0.2) is 37.4 Å². The first kappa shape index (κ1) is 32.2. The van der Waals surface area contributed by atoms with Crippen molar-refractivity contribution in [2.75, 3.05) is 19.0 Å². The second-order valence-corrected chi connectivity index (χ2v) is 16.6. The van der Waals surface area contributed by atoms with E-state index in [1.54, 1.807) is 37.7 Å². The monoisotopic (exact) mass is 638 g/mol. The standard InChI is InChI=1S/C36H39ClN4O3Si/c1-36(2,3)45(30-11-7-5-8-12-30,31-13-9-6-10-14-31)44-32(23-38)33-34(40-35(42)27-17-19-28(37)20-18-27)41(25-39-33)24-26-15-21-29(43-4)22-16-26/h5-22,25,32H,23-24,38H2,1-4H3,(H,40,42)/t32-/m0/s1. The van der Waals surface area contributed by atoms with Gasteiger partial charge in [-0.3, -0.25) is 4.79 Å². The number of carbonyl (C=O) groups is 1. The molecule has 1 atom stereocenters. The molecule has 0 saturated heterocycles. The van der Waals surface area contributed by atoms with Crippen molar-refractivity contribution in [2.24, 2.45) is 5.73 Å². The third-order valence-corrected chi connectivity index (χ3v) is 13.3.